The molecule has 8 heteroatoms. The van der Waals surface area contributed by atoms with E-state index in [1.165, 1.54) is 16.5 Å². The number of rotatable bonds is 5. The Morgan fingerprint density at radius 1 is 1.28 bits per heavy atom. The van der Waals surface area contributed by atoms with E-state index in [2.05, 4.69) is 15.5 Å². The number of pyridine rings is 1. The summed E-state index contributed by atoms with van der Waals surface area (Å²) < 4.78 is 15.0. The quantitative estimate of drug-likeness (QED) is 0.758. The van der Waals surface area contributed by atoms with Crippen LogP contribution in [0.15, 0.2) is 42.6 Å². The van der Waals surface area contributed by atoms with E-state index in [-0.39, 0.29) is 17.5 Å². The standard InChI is InChI=1S/C17H17ClFN5O/c1-23(2)14(11-5-7-12(18)8-6-11)10-20-17(25)16-22-21-15-13(19)4-3-9-24(15)16/h3-9,14H,10H2,1-2H3,(H,20,25). The molecule has 1 aromatic carbocycles. The molecule has 0 aliphatic rings. The van der Waals surface area contributed by atoms with E-state index in [9.17, 15) is 9.18 Å². The lowest BCUT2D eigenvalue weighted by Crippen LogP contribution is -2.35. The van der Waals surface area contributed by atoms with Crippen molar-refractivity contribution < 1.29 is 9.18 Å². The summed E-state index contributed by atoms with van der Waals surface area (Å²) in [6.07, 6.45) is 1.55. The summed E-state index contributed by atoms with van der Waals surface area (Å²) >= 11 is 5.93. The third-order valence-electron chi connectivity index (χ3n) is 3.92. The van der Waals surface area contributed by atoms with Gasteiger partial charge in [-0.1, -0.05) is 23.7 Å². The number of carbonyl (C=O) groups excluding carboxylic acids is 1. The van der Waals surface area contributed by atoms with Crippen molar-refractivity contribution >= 4 is 23.2 Å². The number of hydrogen-bond acceptors (Lipinski definition) is 4. The number of likely N-dealkylation sites (N-methyl/N-ethyl adjacent to an activating group) is 1. The zero-order valence-electron chi connectivity index (χ0n) is 13.8. The van der Waals surface area contributed by atoms with Crippen LogP contribution in [0.25, 0.3) is 5.65 Å². The summed E-state index contributed by atoms with van der Waals surface area (Å²) in [5, 5.41) is 11.0. The van der Waals surface area contributed by atoms with Gasteiger partial charge in [-0.3, -0.25) is 9.20 Å². The van der Waals surface area contributed by atoms with Crippen LogP contribution in [0.4, 0.5) is 4.39 Å². The molecular formula is C17H17ClFN5O. The van der Waals surface area contributed by atoms with Crippen LogP contribution in [0.2, 0.25) is 5.02 Å². The zero-order valence-corrected chi connectivity index (χ0v) is 14.5. The van der Waals surface area contributed by atoms with Crippen LogP contribution >= 0.6 is 11.6 Å². The Morgan fingerprint density at radius 3 is 2.68 bits per heavy atom. The first-order valence-corrected chi connectivity index (χ1v) is 8.04. The highest BCUT2D eigenvalue weighted by atomic mass is 35.5. The molecule has 2 aromatic heterocycles. The lowest BCUT2D eigenvalue weighted by atomic mass is 10.1. The second-order valence-electron chi connectivity index (χ2n) is 5.81. The van der Waals surface area contributed by atoms with E-state index in [1.807, 2.05) is 43.3 Å². The van der Waals surface area contributed by atoms with Crippen molar-refractivity contribution in [3.05, 3.63) is 64.8 Å². The monoisotopic (exact) mass is 361 g/mol. The van der Waals surface area contributed by atoms with Crippen LogP contribution in [0, 0.1) is 5.82 Å². The maximum absolute atomic E-state index is 13.7. The van der Waals surface area contributed by atoms with Crippen LogP contribution < -0.4 is 5.32 Å². The molecule has 0 saturated heterocycles. The predicted molar refractivity (Wildman–Crippen MR) is 93.2 cm³/mol. The first-order chi connectivity index (χ1) is 12.0. The van der Waals surface area contributed by atoms with Crippen molar-refractivity contribution in [2.24, 2.45) is 0 Å². The van der Waals surface area contributed by atoms with Crippen LogP contribution in [-0.2, 0) is 0 Å². The molecule has 0 fully saturated rings. The number of nitrogens with one attached hydrogen (secondary N) is 1. The van der Waals surface area contributed by atoms with Crippen molar-refractivity contribution in [2.45, 2.75) is 6.04 Å². The molecule has 1 N–H and O–H groups in total. The third-order valence-corrected chi connectivity index (χ3v) is 4.18. The number of carbonyl (C=O) groups is 1. The molecule has 0 radical (unpaired) electrons. The van der Waals surface area contributed by atoms with Crippen LogP contribution in [0.1, 0.15) is 22.2 Å². The van der Waals surface area contributed by atoms with E-state index in [0.29, 0.717) is 11.6 Å². The molecule has 0 bridgehead atoms. The molecular weight excluding hydrogens is 345 g/mol. The number of hydrogen-bond donors (Lipinski definition) is 1. The molecule has 0 aliphatic carbocycles. The van der Waals surface area contributed by atoms with Crippen LogP contribution in [-0.4, -0.2) is 46.0 Å². The second kappa shape index (κ2) is 7.16. The molecule has 0 aliphatic heterocycles. The Labute approximate surface area is 149 Å². The Balaban J connectivity index is 1.77. The molecule has 3 rings (SSSR count). The van der Waals surface area contributed by atoms with Crippen molar-refractivity contribution in [1.29, 1.82) is 0 Å². The van der Waals surface area contributed by atoms with Crippen LogP contribution in [0.3, 0.4) is 0 Å². The fourth-order valence-corrected chi connectivity index (χ4v) is 2.72. The molecule has 0 spiro atoms. The van der Waals surface area contributed by atoms with Gasteiger partial charge in [0.2, 0.25) is 5.82 Å². The lowest BCUT2D eigenvalue weighted by Gasteiger charge is -2.25. The van der Waals surface area contributed by atoms with Crippen molar-refractivity contribution in [3.63, 3.8) is 0 Å². The fraction of sp³-hybridized carbons (Fsp3) is 0.235. The number of halogens is 2. The summed E-state index contributed by atoms with van der Waals surface area (Å²) in [7, 11) is 3.85. The van der Waals surface area contributed by atoms with Crippen LogP contribution in [0.5, 0.6) is 0 Å². The average Bonchev–Trinajstić information content (AvgIpc) is 3.02. The van der Waals surface area contributed by atoms with Gasteiger partial charge < -0.3 is 10.2 Å². The summed E-state index contributed by atoms with van der Waals surface area (Å²) in [6, 6.07) is 10.2. The number of amides is 1. The van der Waals surface area contributed by atoms with Gasteiger partial charge in [-0.15, -0.1) is 10.2 Å². The summed E-state index contributed by atoms with van der Waals surface area (Å²) in [5.74, 6) is -0.900. The van der Waals surface area contributed by atoms with E-state index in [0.717, 1.165) is 5.56 Å². The third kappa shape index (κ3) is 3.62. The van der Waals surface area contributed by atoms with Gasteiger partial charge >= 0.3 is 0 Å². The molecule has 1 amide bonds. The second-order valence-corrected chi connectivity index (χ2v) is 6.25. The molecule has 0 saturated carbocycles. The van der Waals surface area contributed by atoms with Gasteiger partial charge in [0.25, 0.3) is 5.91 Å². The molecule has 2 heterocycles. The minimum atomic E-state index is -0.526. The molecule has 130 valence electrons. The highest BCUT2D eigenvalue weighted by molar-refractivity contribution is 6.30. The molecule has 1 unspecified atom stereocenters. The molecule has 3 aromatic rings. The van der Waals surface area contributed by atoms with Gasteiger partial charge in [0, 0.05) is 17.8 Å². The Hall–Kier alpha value is -2.51. The summed E-state index contributed by atoms with van der Waals surface area (Å²) in [6.45, 7) is 0.359. The SMILES string of the molecule is CN(C)C(CNC(=O)c1nnc2c(F)cccn12)c1ccc(Cl)cc1. The van der Waals surface area contributed by atoms with Crippen molar-refractivity contribution in [3.8, 4) is 0 Å². The summed E-state index contributed by atoms with van der Waals surface area (Å²) in [5.41, 5.74) is 1.04. The largest absolute Gasteiger partial charge is 0.347 e. The van der Waals surface area contributed by atoms with Gasteiger partial charge in [-0.2, -0.15) is 0 Å². The number of benzene rings is 1. The van der Waals surface area contributed by atoms with E-state index >= 15 is 0 Å². The first kappa shape index (κ1) is 17.3. The smallest absolute Gasteiger partial charge is 0.289 e. The Kier molecular flexibility index (Phi) is 4.96. The maximum Gasteiger partial charge on any atom is 0.289 e. The topological polar surface area (TPSA) is 62.5 Å². The minimum absolute atomic E-state index is 0.0227. The average molecular weight is 362 g/mol. The van der Waals surface area contributed by atoms with Gasteiger partial charge in [0.1, 0.15) is 0 Å². The van der Waals surface area contributed by atoms with E-state index in [4.69, 9.17) is 11.6 Å². The van der Waals surface area contributed by atoms with Gasteiger partial charge in [0.05, 0.1) is 6.04 Å². The lowest BCUT2D eigenvalue weighted by molar-refractivity contribution is 0.0930. The number of fused-ring (bicyclic) bond motifs is 1. The molecule has 1 atom stereocenters. The van der Waals surface area contributed by atoms with Crippen molar-refractivity contribution in [2.75, 3.05) is 20.6 Å². The van der Waals surface area contributed by atoms with E-state index < -0.39 is 11.7 Å². The van der Waals surface area contributed by atoms with E-state index in [1.54, 1.807) is 6.20 Å². The van der Waals surface area contributed by atoms with Gasteiger partial charge in [0.15, 0.2) is 11.5 Å². The van der Waals surface area contributed by atoms with Gasteiger partial charge in [-0.25, -0.2) is 4.39 Å². The first-order valence-electron chi connectivity index (χ1n) is 7.66. The summed E-state index contributed by atoms with van der Waals surface area (Å²) in [4.78, 5) is 14.4. The number of aromatic nitrogens is 3. The van der Waals surface area contributed by atoms with Crippen molar-refractivity contribution in [1.82, 2.24) is 24.8 Å². The highest BCUT2D eigenvalue weighted by Crippen LogP contribution is 2.20. The maximum atomic E-state index is 13.7. The number of nitrogens with zero attached hydrogens (tertiary/aromatic N) is 4. The molecule has 25 heavy (non-hydrogen) atoms. The van der Waals surface area contributed by atoms with Gasteiger partial charge in [-0.05, 0) is 43.9 Å². The molecule has 6 nitrogen and oxygen atoms in total. The fourth-order valence-electron chi connectivity index (χ4n) is 2.59. The normalized spacial score (nSPS) is 12.5. The Bertz CT molecular complexity index is 894. The minimum Gasteiger partial charge on any atom is -0.347 e. The highest BCUT2D eigenvalue weighted by Gasteiger charge is 2.19. The predicted octanol–water partition coefficient (Wildman–Crippen LogP) is 2.55. The Morgan fingerprint density at radius 2 is 2.00 bits per heavy atom. The zero-order chi connectivity index (χ0) is 18.0.